The van der Waals surface area contributed by atoms with Gasteiger partial charge in [0.15, 0.2) is 0 Å². The van der Waals surface area contributed by atoms with Crippen molar-refractivity contribution < 1.29 is 5.11 Å². The van der Waals surface area contributed by atoms with Crippen molar-refractivity contribution in [2.75, 3.05) is 6.54 Å². The molecule has 3 nitrogen and oxygen atoms in total. The highest BCUT2D eigenvalue weighted by Crippen LogP contribution is 2.47. The minimum Gasteiger partial charge on any atom is -0.387 e. The lowest BCUT2D eigenvalue weighted by molar-refractivity contribution is -0.0169. The summed E-state index contributed by atoms with van der Waals surface area (Å²) >= 11 is 3.60. The Kier molecular flexibility index (Phi) is 7.12. The van der Waals surface area contributed by atoms with E-state index in [1.165, 1.54) is 16.7 Å². The summed E-state index contributed by atoms with van der Waals surface area (Å²) in [6, 6.07) is 42.4. The number of hydrogen-bond acceptors (Lipinski definition) is 3. The number of para-hydroxylation sites is 1. The zero-order valence-electron chi connectivity index (χ0n) is 21.2. The second-order valence-electron chi connectivity index (χ2n) is 10.1. The zero-order valence-corrected chi connectivity index (χ0v) is 22.8. The van der Waals surface area contributed by atoms with Gasteiger partial charge in [0.2, 0.25) is 0 Å². The predicted octanol–water partition coefficient (Wildman–Crippen LogP) is 7.88. The molecule has 1 saturated heterocycles. The molecule has 0 amide bonds. The lowest BCUT2D eigenvalue weighted by Gasteiger charge is -2.52. The third kappa shape index (κ3) is 4.37. The fraction of sp³-hybridized carbons (Fsp3) is 0.206. The van der Waals surface area contributed by atoms with Gasteiger partial charge in [0.1, 0.15) is 4.60 Å². The van der Waals surface area contributed by atoms with E-state index >= 15 is 0 Å². The Labute approximate surface area is 232 Å². The molecule has 1 fully saturated rings. The number of aliphatic hydroxyl groups is 1. The molecule has 5 aromatic rings. The Morgan fingerprint density at radius 1 is 0.737 bits per heavy atom. The lowest BCUT2D eigenvalue weighted by atomic mass is 9.73. The molecule has 1 aromatic heterocycles. The van der Waals surface area contributed by atoms with E-state index < -0.39 is 11.6 Å². The van der Waals surface area contributed by atoms with Gasteiger partial charge in [-0.3, -0.25) is 4.90 Å². The number of rotatable bonds is 6. The molecule has 0 bridgehead atoms. The number of halogens is 1. The summed E-state index contributed by atoms with van der Waals surface area (Å²) < 4.78 is 0.744. The third-order valence-electron chi connectivity index (χ3n) is 7.95. The number of pyridine rings is 1. The summed E-state index contributed by atoms with van der Waals surface area (Å²) in [5, 5.41) is 13.3. The van der Waals surface area contributed by atoms with Crippen LogP contribution in [0.2, 0.25) is 0 Å². The summed E-state index contributed by atoms with van der Waals surface area (Å²) in [4.78, 5) is 7.24. The van der Waals surface area contributed by atoms with Gasteiger partial charge in [-0.15, -0.1) is 0 Å². The van der Waals surface area contributed by atoms with Crippen LogP contribution in [0.1, 0.15) is 47.6 Å². The minimum atomic E-state index is -0.685. The van der Waals surface area contributed by atoms with Crippen LogP contribution < -0.4 is 0 Å². The first-order valence-electron chi connectivity index (χ1n) is 13.4. The average molecular weight is 564 g/mol. The van der Waals surface area contributed by atoms with Crippen molar-refractivity contribution in [2.24, 2.45) is 0 Å². The molecule has 190 valence electrons. The van der Waals surface area contributed by atoms with Crippen molar-refractivity contribution in [3.05, 3.63) is 148 Å². The quantitative estimate of drug-likeness (QED) is 0.169. The van der Waals surface area contributed by atoms with Crippen LogP contribution in [-0.4, -0.2) is 27.6 Å². The molecule has 0 spiro atoms. The second kappa shape index (κ2) is 10.8. The highest BCUT2D eigenvalue weighted by Gasteiger charge is 2.47. The Balaban J connectivity index is 1.59. The van der Waals surface area contributed by atoms with Gasteiger partial charge < -0.3 is 5.11 Å². The first kappa shape index (κ1) is 25.0. The maximum absolute atomic E-state index is 12.3. The summed E-state index contributed by atoms with van der Waals surface area (Å²) in [7, 11) is 0. The Morgan fingerprint density at radius 3 is 1.84 bits per heavy atom. The van der Waals surface area contributed by atoms with Crippen molar-refractivity contribution in [1.82, 2.24) is 9.88 Å². The molecule has 4 heteroatoms. The molecule has 1 aliphatic heterocycles. The standard InChI is InChI=1S/C34H31BrN2O/c35-32-24-29(28-20-10-11-21-30(28)36-32)33(38)31-22-12-13-23-37(31)34(25-14-4-1-5-15-25,26-16-6-2-7-17-26)27-18-8-3-9-19-27/h1-11,14-21,24,31,33,38H,12-13,22-23H2/t31-,33-/m0/s1. The summed E-state index contributed by atoms with van der Waals surface area (Å²) in [5.41, 5.74) is 4.86. The van der Waals surface area contributed by atoms with Gasteiger partial charge in [-0.1, -0.05) is 116 Å². The van der Waals surface area contributed by atoms with E-state index in [0.29, 0.717) is 0 Å². The van der Waals surface area contributed by atoms with Crippen LogP contribution in [0.4, 0.5) is 0 Å². The molecule has 38 heavy (non-hydrogen) atoms. The van der Waals surface area contributed by atoms with E-state index in [0.717, 1.165) is 46.9 Å². The van der Waals surface area contributed by atoms with Crippen LogP contribution in [0.25, 0.3) is 10.9 Å². The number of likely N-dealkylation sites (tertiary alicyclic amines) is 1. The van der Waals surface area contributed by atoms with Gasteiger partial charge in [-0.05, 0) is 63.2 Å². The van der Waals surface area contributed by atoms with Gasteiger partial charge in [0, 0.05) is 18.0 Å². The smallest absolute Gasteiger partial charge is 0.107 e. The average Bonchev–Trinajstić information content (AvgIpc) is 2.99. The largest absolute Gasteiger partial charge is 0.387 e. The van der Waals surface area contributed by atoms with Crippen LogP contribution in [0, 0.1) is 0 Å². The van der Waals surface area contributed by atoms with Crippen molar-refractivity contribution in [1.29, 1.82) is 0 Å². The van der Waals surface area contributed by atoms with Crippen molar-refractivity contribution in [3.8, 4) is 0 Å². The van der Waals surface area contributed by atoms with E-state index in [9.17, 15) is 5.11 Å². The molecule has 4 aromatic carbocycles. The number of aromatic nitrogens is 1. The number of fused-ring (bicyclic) bond motifs is 1. The molecule has 0 saturated carbocycles. The molecule has 6 rings (SSSR count). The fourth-order valence-corrected chi connectivity index (χ4v) is 6.80. The molecule has 1 aliphatic rings. The van der Waals surface area contributed by atoms with Crippen LogP contribution in [0.3, 0.4) is 0 Å². The second-order valence-corrected chi connectivity index (χ2v) is 10.9. The first-order chi connectivity index (χ1) is 18.7. The van der Waals surface area contributed by atoms with Gasteiger partial charge in [-0.2, -0.15) is 0 Å². The number of aliphatic hydroxyl groups excluding tert-OH is 1. The van der Waals surface area contributed by atoms with E-state index in [1.807, 2.05) is 24.3 Å². The summed E-state index contributed by atoms with van der Waals surface area (Å²) in [6.45, 7) is 0.880. The maximum atomic E-state index is 12.3. The maximum Gasteiger partial charge on any atom is 0.107 e. The minimum absolute atomic E-state index is 0.0953. The third-order valence-corrected chi connectivity index (χ3v) is 8.36. The van der Waals surface area contributed by atoms with Gasteiger partial charge >= 0.3 is 0 Å². The Bertz CT molecular complexity index is 1410. The number of hydrogen-bond donors (Lipinski definition) is 1. The van der Waals surface area contributed by atoms with Gasteiger partial charge in [0.25, 0.3) is 0 Å². The van der Waals surface area contributed by atoms with Crippen LogP contribution in [0.5, 0.6) is 0 Å². The molecule has 2 heterocycles. The van der Waals surface area contributed by atoms with Gasteiger partial charge in [0.05, 0.1) is 17.2 Å². The summed E-state index contributed by atoms with van der Waals surface area (Å²) in [5.74, 6) is 0. The number of piperidine rings is 1. The first-order valence-corrected chi connectivity index (χ1v) is 14.2. The SMILES string of the molecule is O[C@@H](c1cc(Br)nc2ccccc12)[C@@H]1CCCCN1C(c1ccccc1)(c1ccccc1)c1ccccc1. The van der Waals surface area contributed by atoms with E-state index in [1.54, 1.807) is 0 Å². The monoisotopic (exact) mass is 562 g/mol. The van der Waals surface area contributed by atoms with Crippen molar-refractivity contribution in [2.45, 2.75) is 36.9 Å². The topological polar surface area (TPSA) is 36.4 Å². The molecular weight excluding hydrogens is 532 g/mol. The highest BCUT2D eigenvalue weighted by atomic mass is 79.9. The van der Waals surface area contributed by atoms with Crippen molar-refractivity contribution in [3.63, 3.8) is 0 Å². The fourth-order valence-electron chi connectivity index (χ4n) is 6.36. The summed E-state index contributed by atoms with van der Waals surface area (Å²) in [6.07, 6.45) is 2.38. The molecule has 1 N–H and O–H groups in total. The predicted molar refractivity (Wildman–Crippen MR) is 158 cm³/mol. The number of benzene rings is 4. The van der Waals surface area contributed by atoms with E-state index in [2.05, 4.69) is 123 Å². The Morgan fingerprint density at radius 2 is 1.26 bits per heavy atom. The lowest BCUT2D eigenvalue weighted by Crippen LogP contribution is -2.56. The molecule has 0 aliphatic carbocycles. The van der Waals surface area contributed by atoms with Gasteiger partial charge in [-0.25, -0.2) is 4.98 Å². The number of nitrogens with zero attached hydrogens (tertiary/aromatic N) is 2. The van der Waals surface area contributed by atoms with Crippen molar-refractivity contribution >= 4 is 26.8 Å². The molecule has 0 radical (unpaired) electrons. The van der Waals surface area contributed by atoms with Crippen LogP contribution >= 0.6 is 15.9 Å². The van der Waals surface area contributed by atoms with E-state index in [-0.39, 0.29) is 6.04 Å². The van der Waals surface area contributed by atoms with E-state index in [4.69, 9.17) is 0 Å². The Hall–Kier alpha value is -3.31. The zero-order chi connectivity index (χ0) is 26.0. The van der Waals surface area contributed by atoms with Crippen LogP contribution in [0.15, 0.2) is 126 Å². The highest BCUT2D eigenvalue weighted by molar-refractivity contribution is 9.10. The molecule has 2 atom stereocenters. The molecular formula is C34H31BrN2O. The van der Waals surface area contributed by atoms with Crippen LogP contribution in [-0.2, 0) is 5.54 Å². The molecule has 0 unspecified atom stereocenters. The normalized spacial score (nSPS) is 17.4.